The Kier molecular flexibility index (Phi) is 5.51. The summed E-state index contributed by atoms with van der Waals surface area (Å²) in [7, 11) is 0. The molecule has 1 unspecified atom stereocenters. The number of aromatic nitrogens is 2. The molecule has 9 nitrogen and oxygen atoms in total. The topological polar surface area (TPSA) is 122 Å². The van der Waals surface area contributed by atoms with E-state index in [1.807, 2.05) is 0 Å². The molecule has 1 aliphatic rings. The highest BCUT2D eigenvalue weighted by molar-refractivity contribution is 5.92. The van der Waals surface area contributed by atoms with Crippen molar-refractivity contribution >= 4 is 11.9 Å². The van der Waals surface area contributed by atoms with E-state index in [4.69, 9.17) is 14.6 Å². The minimum atomic E-state index is -1.15. The van der Waals surface area contributed by atoms with Crippen molar-refractivity contribution in [3.8, 4) is 17.4 Å². The summed E-state index contributed by atoms with van der Waals surface area (Å²) < 4.78 is 11.0. The zero-order chi connectivity index (χ0) is 19.4. The van der Waals surface area contributed by atoms with Gasteiger partial charge >= 0.3 is 5.97 Å². The van der Waals surface area contributed by atoms with Gasteiger partial charge in [-0.05, 0) is 25.5 Å². The molecule has 0 bridgehead atoms. The number of hydrogen-bond donors (Lipinski definition) is 2. The second-order valence-corrected chi connectivity index (χ2v) is 6.10. The Morgan fingerprint density at radius 3 is 2.48 bits per heavy atom. The molecule has 3 rings (SSSR count). The molecule has 2 heterocycles. The highest BCUT2D eigenvalue weighted by Crippen LogP contribution is 2.27. The number of carboxylic acids is 1. The molecule has 1 aliphatic heterocycles. The summed E-state index contributed by atoms with van der Waals surface area (Å²) in [6, 6.07) is 4.14. The van der Waals surface area contributed by atoms with Gasteiger partial charge in [-0.1, -0.05) is 0 Å². The summed E-state index contributed by atoms with van der Waals surface area (Å²) in [5.41, 5.74) is 0.187. The Morgan fingerprint density at radius 2 is 1.93 bits per heavy atom. The molecule has 0 saturated carbocycles. The summed E-state index contributed by atoms with van der Waals surface area (Å²) in [6.45, 7) is 2.87. The zero-order valence-electron chi connectivity index (χ0n) is 14.7. The van der Waals surface area contributed by atoms with Crippen LogP contribution in [0.4, 0.5) is 0 Å². The number of carbonyl (C=O) groups excluding carboxylic acids is 1. The van der Waals surface area contributed by atoms with Gasteiger partial charge in [-0.2, -0.15) is 0 Å². The Morgan fingerprint density at radius 1 is 1.19 bits per heavy atom. The van der Waals surface area contributed by atoms with Crippen molar-refractivity contribution in [1.29, 1.82) is 0 Å². The van der Waals surface area contributed by atoms with Gasteiger partial charge in [0.15, 0.2) is 0 Å². The molecule has 2 N–H and O–H groups in total. The zero-order valence-corrected chi connectivity index (χ0v) is 14.7. The monoisotopic (exact) mass is 373 g/mol. The van der Waals surface area contributed by atoms with E-state index in [1.54, 1.807) is 11.8 Å². The van der Waals surface area contributed by atoms with Crippen LogP contribution in [0.25, 0.3) is 0 Å². The number of benzene rings is 1. The summed E-state index contributed by atoms with van der Waals surface area (Å²) in [6.07, 6.45) is 3.10. The largest absolute Gasteiger partial charge is 0.488 e. The lowest BCUT2D eigenvalue weighted by atomic mass is 10.2. The van der Waals surface area contributed by atoms with Gasteiger partial charge in [0.1, 0.15) is 23.3 Å². The minimum absolute atomic E-state index is 0.0369. The first kappa shape index (κ1) is 18.6. The maximum absolute atomic E-state index is 12.1. The van der Waals surface area contributed by atoms with Crippen molar-refractivity contribution in [3.05, 3.63) is 41.9 Å². The third-order valence-electron chi connectivity index (χ3n) is 3.93. The first-order valence-electron chi connectivity index (χ1n) is 8.41. The van der Waals surface area contributed by atoms with E-state index in [0.717, 1.165) is 19.5 Å². The number of rotatable bonds is 7. The van der Waals surface area contributed by atoms with Crippen LogP contribution in [0, 0.1) is 0 Å². The van der Waals surface area contributed by atoms with Crippen LogP contribution in [0.3, 0.4) is 0 Å². The van der Waals surface area contributed by atoms with E-state index < -0.39 is 12.1 Å². The number of ether oxygens (including phenoxy) is 2. The SMILES string of the molecule is CC(CO)Oc1cc(Oc2cnc(C(=O)N3CCC3)cn2)cc(C(=O)O)c1. The molecule has 1 amide bonds. The van der Waals surface area contributed by atoms with Gasteiger partial charge in [-0.15, -0.1) is 0 Å². The Bertz CT molecular complexity index is 835. The standard InChI is InChI=1S/C18H19N3O6/c1-11(10-22)26-13-5-12(18(24)25)6-14(7-13)27-16-9-19-15(8-20-16)17(23)21-3-2-4-21/h5-9,11,22H,2-4,10H2,1H3,(H,24,25). The van der Waals surface area contributed by atoms with Crippen LogP contribution in [-0.2, 0) is 0 Å². The van der Waals surface area contributed by atoms with Gasteiger partial charge < -0.3 is 24.6 Å². The van der Waals surface area contributed by atoms with Gasteiger partial charge in [-0.25, -0.2) is 14.8 Å². The van der Waals surface area contributed by atoms with Gasteiger partial charge in [-0.3, -0.25) is 4.79 Å². The van der Waals surface area contributed by atoms with Crippen molar-refractivity contribution in [2.45, 2.75) is 19.4 Å². The van der Waals surface area contributed by atoms with Gasteiger partial charge in [0.2, 0.25) is 5.88 Å². The normalized spacial score (nSPS) is 14.2. The van der Waals surface area contributed by atoms with E-state index >= 15 is 0 Å². The molecule has 0 spiro atoms. The molecule has 9 heteroatoms. The third-order valence-corrected chi connectivity index (χ3v) is 3.93. The molecule has 2 aromatic rings. The number of hydrogen-bond acceptors (Lipinski definition) is 7. The maximum atomic E-state index is 12.1. The fourth-order valence-electron chi connectivity index (χ4n) is 2.37. The van der Waals surface area contributed by atoms with Crippen molar-refractivity contribution in [3.63, 3.8) is 0 Å². The van der Waals surface area contributed by atoms with Crippen LogP contribution in [0.1, 0.15) is 34.2 Å². The van der Waals surface area contributed by atoms with Gasteiger partial charge in [0.05, 0.1) is 24.6 Å². The molecule has 27 heavy (non-hydrogen) atoms. The predicted octanol–water partition coefficient (Wildman–Crippen LogP) is 1.57. The third kappa shape index (κ3) is 4.50. The van der Waals surface area contributed by atoms with Gasteiger partial charge in [0, 0.05) is 19.2 Å². The lowest BCUT2D eigenvalue weighted by molar-refractivity contribution is 0.0643. The first-order valence-corrected chi connectivity index (χ1v) is 8.41. The molecule has 1 saturated heterocycles. The van der Waals surface area contributed by atoms with Crippen molar-refractivity contribution in [1.82, 2.24) is 14.9 Å². The van der Waals surface area contributed by atoms with Crippen LogP contribution in [0.15, 0.2) is 30.6 Å². The fourth-order valence-corrected chi connectivity index (χ4v) is 2.37. The maximum Gasteiger partial charge on any atom is 0.335 e. The van der Waals surface area contributed by atoms with Crippen LogP contribution < -0.4 is 9.47 Å². The Balaban J connectivity index is 1.77. The molecule has 0 radical (unpaired) electrons. The second-order valence-electron chi connectivity index (χ2n) is 6.10. The van der Waals surface area contributed by atoms with E-state index in [2.05, 4.69) is 9.97 Å². The molecule has 1 aromatic heterocycles. The van der Waals surface area contributed by atoms with Crippen molar-refractivity contribution in [2.24, 2.45) is 0 Å². The molecule has 1 atom stereocenters. The average Bonchev–Trinajstić information content (AvgIpc) is 2.60. The van der Waals surface area contributed by atoms with Crippen LogP contribution in [0.2, 0.25) is 0 Å². The Hall–Kier alpha value is -3.20. The molecule has 142 valence electrons. The fraction of sp³-hybridized carbons (Fsp3) is 0.333. The second kappa shape index (κ2) is 8.00. The van der Waals surface area contributed by atoms with E-state index in [0.29, 0.717) is 0 Å². The summed E-state index contributed by atoms with van der Waals surface area (Å²) >= 11 is 0. The number of aliphatic hydroxyl groups is 1. The number of amides is 1. The molecular formula is C18H19N3O6. The number of carbonyl (C=O) groups is 2. The lowest BCUT2D eigenvalue weighted by Gasteiger charge is -2.30. The highest BCUT2D eigenvalue weighted by Gasteiger charge is 2.23. The van der Waals surface area contributed by atoms with E-state index in [1.165, 1.54) is 30.6 Å². The number of likely N-dealkylation sites (tertiary alicyclic amines) is 1. The average molecular weight is 373 g/mol. The number of carboxylic acid groups (broad SMARTS) is 1. The quantitative estimate of drug-likeness (QED) is 0.750. The molecule has 1 aromatic carbocycles. The molecule has 1 fully saturated rings. The summed E-state index contributed by atoms with van der Waals surface area (Å²) in [5.74, 6) is -0.792. The van der Waals surface area contributed by atoms with Crippen LogP contribution in [-0.4, -0.2) is 62.8 Å². The Labute approximate surface area is 155 Å². The predicted molar refractivity (Wildman–Crippen MR) is 93.2 cm³/mol. The first-order chi connectivity index (χ1) is 13.0. The highest BCUT2D eigenvalue weighted by atomic mass is 16.5. The molecular weight excluding hydrogens is 354 g/mol. The smallest absolute Gasteiger partial charge is 0.335 e. The van der Waals surface area contributed by atoms with E-state index in [9.17, 15) is 14.7 Å². The van der Waals surface area contributed by atoms with Crippen LogP contribution in [0.5, 0.6) is 17.4 Å². The number of aliphatic hydroxyl groups excluding tert-OH is 1. The van der Waals surface area contributed by atoms with Crippen molar-refractivity contribution in [2.75, 3.05) is 19.7 Å². The lowest BCUT2D eigenvalue weighted by Crippen LogP contribution is -2.42. The minimum Gasteiger partial charge on any atom is -0.488 e. The van der Waals surface area contributed by atoms with E-state index in [-0.39, 0.29) is 41.2 Å². The number of nitrogens with zero attached hydrogens (tertiary/aromatic N) is 3. The summed E-state index contributed by atoms with van der Waals surface area (Å²) in [4.78, 5) is 33.2. The summed E-state index contributed by atoms with van der Waals surface area (Å²) in [5, 5.41) is 18.3. The van der Waals surface area contributed by atoms with Gasteiger partial charge in [0.25, 0.3) is 5.91 Å². The number of aromatic carboxylic acids is 1. The van der Waals surface area contributed by atoms with Crippen LogP contribution >= 0.6 is 0 Å². The van der Waals surface area contributed by atoms with Crippen molar-refractivity contribution < 1.29 is 29.3 Å². The molecule has 0 aliphatic carbocycles.